The van der Waals surface area contributed by atoms with Crippen molar-refractivity contribution < 1.29 is 5.11 Å². The topological polar surface area (TPSA) is 58.3 Å². The highest BCUT2D eigenvalue weighted by Crippen LogP contribution is 2.39. The normalized spacial score (nSPS) is 28.4. The highest BCUT2D eigenvalue weighted by atomic mass is 16.2. The Bertz CT molecular complexity index is 262. The fourth-order valence-electron chi connectivity index (χ4n) is 3.49. The Kier molecular flexibility index (Phi) is 7.49. The summed E-state index contributed by atoms with van der Waals surface area (Å²) < 4.78 is 0. The van der Waals surface area contributed by atoms with Crippen molar-refractivity contribution in [3.05, 3.63) is 0 Å². The summed E-state index contributed by atoms with van der Waals surface area (Å²) in [5, 5.41) is 12.6. The second-order valence-corrected chi connectivity index (χ2v) is 7.69. The van der Waals surface area contributed by atoms with Gasteiger partial charge in [0.25, 0.3) is 0 Å². The second kappa shape index (κ2) is 8.35. The molecule has 0 radical (unpaired) electrons. The van der Waals surface area contributed by atoms with Crippen LogP contribution in [0.5, 0.6) is 0 Å². The Morgan fingerprint density at radius 1 is 1.15 bits per heavy atom. The van der Waals surface area contributed by atoms with Gasteiger partial charge in [-0.05, 0) is 62.8 Å². The van der Waals surface area contributed by atoms with E-state index in [1.807, 2.05) is 0 Å². The summed E-state index contributed by atoms with van der Waals surface area (Å²) in [6.07, 6.45) is 9.54. The summed E-state index contributed by atoms with van der Waals surface area (Å²) in [5.41, 5.74) is 6.69. The molecule has 1 aliphatic carbocycles. The van der Waals surface area contributed by atoms with Crippen LogP contribution >= 0.6 is 0 Å². The molecule has 0 aromatic carbocycles. The van der Waals surface area contributed by atoms with E-state index in [-0.39, 0.29) is 5.54 Å². The van der Waals surface area contributed by atoms with E-state index in [1.54, 1.807) is 0 Å². The third-order valence-corrected chi connectivity index (χ3v) is 5.13. The maximum absolute atomic E-state index is 8.81. The lowest BCUT2D eigenvalue weighted by Gasteiger charge is -2.34. The molecule has 120 valence electrons. The number of rotatable bonds is 7. The smallest absolute Gasteiger partial charge is 0.0431 e. The first-order valence-corrected chi connectivity index (χ1v) is 8.49. The van der Waals surface area contributed by atoms with Gasteiger partial charge in [0.05, 0.1) is 0 Å². The number of aliphatic hydroxyl groups excluding tert-OH is 1. The summed E-state index contributed by atoms with van der Waals surface area (Å²) in [4.78, 5) is 0. The van der Waals surface area contributed by atoms with Crippen LogP contribution in [0.1, 0.15) is 72.1 Å². The Hall–Kier alpha value is -0.120. The summed E-state index contributed by atoms with van der Waals surface area (Å²) in [5.74, 6) is 0.826. The van der Waals surface area contributed by atoms with Crippen molar-refractivity contribution in [3.63, 3.8) is 0 Å². The molecular formula is C17H36N2O. The molecule has 0 bridgehead atoms. The first-order valence-electron chi connectivity index (χ1n) is 8.49. The fraction of sp³-hybridized carbons (Fsp3) is 1.00. The highest BCUT2D eigenvalue weighted by molar-refractivity contribution is 4.93. The van der Waals surface area contributed by atoms with Crippen LogP contribution in [-0.2, 0) is 0 Å². The summed E-state index contributed by atoms with van der Waals surface area (Å²) in [7, 11) is 0. The first kappa shape index (κ1) is 17.9. The average molecular weight is 284 g/mol. The number of hydrogen-bond acceptors (Lipinski definition) is 3. The molecule has 0 amide bonds. The molecule has 1 fully saturated rings. The van der Waals surface area contributed by atoms with Gasteiger partial charge in [-0.2, -0.15) is 0 Å². The van der Waals surface area contributed by atoms with Crippen LogP contribution in [0, 0.1) is 11.3 Å². The number of hydrogen-bond donors (Lipinski definition) is 3. The van der Waals surface area contributed by atoms with Gasteiger partial charge in [-0.25, -0.2) is 0 Å². The Balaban J connectivity index is 2.44. The number of nitrogens with two attached hydrogens (primary N) is 1. The summed E-state index contributed by atoms with van der Waals surface area (Å²) in [6, 6.07) is 0. The van der Waals surface area contributed by atoms with Gasteiger partial charge in [0.15, 0.2) is 0 Å². The monoisotopic (exact) mass is 284 g/mol. The van der Waals surface area contributed by atoms with Crippen LogP contribution in [0.2, 0.25) is 0 Å². The van der Waals surface area contributed by atoms with E-state index >= 15 is 0 Å². The molecule has 3 nitrogen and oxygen atoms in total. The minimum Gasteiger partial charge on any atom is -0.396 e. The zero-order chi connectivity index (χ0) is 15.1. The van der Waals surface area contributed by atoms with Crippen LogP contribution in [0.15, 0.2) is 0 Å². The van der Waals surface area contributed by atoms with Crippen molar-refractivity contribution in [2.75, 3.05) is 19.7 Å². The summed E-state index contributed by atoms with van der Waals surface area (Å²) in [6.45, 7) is 9.22. The minimum absolute atomic E-state index is 0.166. The second-order valence-electron chi connectivity index (χ2n) is 7.69. The van der Waals surface area contributed by atoms with Gasteiger partial charge in [0, 0.05) is 18.7 Å². The van der Waals surface area contributed by atoms with Crippen molar-refractivity contribution in [2.24, 2.45) is 17.1 Å². The van der Waals surface area contributed by atoms with Crippen molar-refractivity contribution in [2.45, 2.75) is 77.7 Å². The standard InChI is InChI=1S/C17H36N2O/c1-16(2,3)15-8-7-10-17(14-18,11-9-15)19-12-5-4-6-13-20/h15,19-20H,4-14,18H2,1-3H3. The maximum Gasteiger partial charge on any atom is 0.0431 e. The van der Waals surface area contributed by atoms with Gasteiger partial charge in [-0.3, -0.25) is 0 Å². The van der Waals surface area contributed by atoms with E-state index < -0.39 is 0 Å². The molecule has 0 aromatic heterocycles. The Morgan fingerprint density at radius 3 is 2.50 bits per heavy atom. The molecule has 0 aliphatic heterocycles. The van der Waals surface area contributed by atoms with Crippen LogP contribution in [-0.4, -0.2) is 30.3 Å². The van der Waals surface area contributed by atoms with E-state index in [9.17, 15) is 0 Å². The van der Waals surface area contributed by atoms with Crippen molar-refractivity contribution >= 4 is 0 Å². The van der Waals surface area contributed by atoms with E-state index in [0.29, 0.717) is 12.0 Å². The van der Waals surface area contributed by atoms with Crippen molar-refractivity contribution in [1.29, 1.82) is 0 Å². The van der Waals surface area contributed by atoms with E-state index in [4.69, 9.17) is 10.8 Å². The predicted molar refractivity (Wildman–Crippen MR) is 86.8 cm³/mol. The zero-order valence-electron chi connectivity index (χ0n) is 13.9. The molecule has 2 atom stereocenters. The molecule has 1 aliphatic rings. The van der Waals surface area contributed by atoms with Crippen LogP contribution in [0.4, 0.5) is 0 Å². The van der Waals surface area contributed by atoms with Gasteiger partial charge in [-0.1, -0.05) is 27.2 Å². The quantitative estimate of drug-likeness (QED) is 0.497. The Morgan fingerprint density at radius 2 is 1.90 bits per heavy atom. The van der Waals surface area contributed by atoms with Crippen molar-refractivity contribution in [3.8, 4) is 0 Å². The lowest BCUT2D eigenvalue weighted by molar-refractivity contribution is 0.206. The lowest BCUT2D eigenvalue weighted by atomic mass is 9.76. The lowest BCUT2D eigenvalue weighted by Crippen LogP contribution is -2.51. The van der Waals surface area contributed by atoms with Gasteiger partial charge in [-0.15, -0.1) is 0 Å². The van der Waals surface area contributed by atoms with E-state index in [0.717, 1.165) is 38.3 Å². The maximum atomic E-state index is 8.81. The summed E-state index contributed by atoms with van der Waals surface area (Å²) >= 11 is 0. The van der Waals surface area contributed by atoms with Crippen LogP contribution in [0.3, 0.4) is 0 Å². The van der Waals surface area contributed by atoms with E-state index in [2.05, 4.69) is 26.1 Å². The highest BCUT2D eigenvalue weighted by Gasteiger charge is 2.34. The molecule has 20 heavy (non-hydrogen) atoms. The predicted octanol–water partition coefficient (Wildman–Crippen LogP) is 3.06. The average Bonchev–Trinajstić information content (AvgIpc) is 2.61. The molecule has 2 unspecified atom stereocenters. The molecule has 4 N–H and O–H groups in total. The molecule has 1 saturated carbocycles. The molecule has 0 spiro atoms. The van der Waals surface area contributed by atoms with Gasteiger partial charge >= 0.3 is 0 Å². The number of unbranched alkanes of at least 4 members (excludes halogenated alkanes) is 2. The Labute approximate surface area is 125 Å². The number of aliphatic hydroxyl groups is 1. The van der Waals surface area contributed by atoms with Gasteiger partial charge in [0.1, 0.15) is 0 Å². The first-order chi connectivity index (χ1) is 9.43. The molecule has 1 rings (SSSR count). The third kappa shape index (κ3) is 5.71. The number of nitrogens with one attached hydrogen (secondary N) is 1. The fourth-order valence-corrected chi connectivity index (χ4v) is 3.49. The molecule has 3 heteroatoms. The van der Waals surface area contributed by atoms with Crippen molar-refractivity contribution in [1.82, 2.24) is 5.32 Å². The van der Waals surface area contributed by atoms with Crippen LogP contribution < -0.4 is 11.1 Å². The third-order valence-electron chi connectivity index (χ3n) is 5.13. The van der Waals surface area contributed by atoms with Crippen LogP contribution in [0.25, 0.3) is 0 Å². The zero-order valence-corrected chi connectivity index (χ0v) is 13.9. The molecule has 0 heterocycles. The molecule has 0 saturated heterocycles. The largest absolute Gasteiger partial charge is 0.396 e. The minimum atomic E-state index is 0.166. The molecule has 0 aromatic rings. The van der Waals surface area contributed by atoms with Gasteiger partial charge in [0.2, 0.25) is 0 Å². The van der Waals surface area contributed by atoms with Gasteiger partial charge < -0.3 is 16.2 Å². The molecular weight excluding hydrogens is 248 g/mol. The SMILES string of the molecule is CC(C)(C)C1CCCC(CN)(NCCCCCO)CC1. The van der Waals surface area contributed by atoms with E-state index in [1.165, 1.54) is 32.1 Å².